The van der Waals surface area contributed by atoms with Crippen LogP contribution >= 0.6 is 0 Å². The van der Waals surface area contributed by atoms with Crippen LogP contribution in [0.15, 0.2) is 77.8 Å². The molecule has 0 aliphatic rings. The predicted octanol–water partition coefficient (Wildman–Crippen LogP) is 6.10. The van der Waals surface area contributed by atoms with Crippen LogP contribution < -0.4 is 0 Å². The van der Waals surface area contributed by atoms with Crippen molar-refractivity contribution in [1.82, 2.24) is 9.88 Å². The number of aromatic amines is 1. The molecule has 4 rings (SSSR count). The Kier molecular flexibility index (Phi) is 8.18. The molecule has 0 aliphatic carbocycles. The van der Waals surface area contributed by atoms with E-state index < -0.39 is 5.97 Å². The number of nitrogens with one attached hydrogen (secondary N) is 1. The van der Waals surface area contributed by atoms with Gasteiger partial charge in [-0.2, -0.15) is 0 Å². The Morgan fingerprint density at radius 3 is 2.33 bits per heavy atom. The van der Waals surface area contributed by atoms with E-state index in [1.54, 1.807) is 19.1 Å². The van der Waals surface area contributed by atoms with Gasteiger partial charge in [0.15, 0.2) is 5.88 Å². The van der Waals surface area contributed by atoms with Crippen molar-refractivity contribution < 1.29 is 14.6 Å². The Bertz CT molecular complexity index is 1340. The largest absolute Gasteiger partial charge is 0.494 e. The molecule has 0 radical (unpaired) electrons. The molecule has 4 aromatic rings. The van der Waals surface area contributed by atoms with Crippen LogP contribution in [0.1, 0.15) is 47.8 Å². The molecule has 1 aromatic heterocycles. The number of carbonyl (C=O) groups excluding carboxylic acids is 1. The van der Waals surface area contributed by atoms with Crippen LogP contribution in [0.25, 0.3) is 10.9 Å². The fourth-order valence-electron chi connectivity index (χ4n) is 4.32. The molecule has 186 valence electrons. The zero-order valence-electron chi connectivity index (χ0n) is 21.1. The summed E-state index contributed by atoms with van der Waals surface area (Å²) >= 11 is 0. The van der Waals surface area contributed by atoms with Gasteiger partial charge in [0.1, 0.15) is 0 Å². The van der Waals surface area contributed by atoms with Gasteiger partial charge in [-0.3, -0.25) is 0 Å². The quantitative estimate of drug-likeness (QED) is 0.211. The molecular weight excluding hydrogens is 450 g/mol. The van der Waals surface area contributed by atoms with Crippen LogP contribution in [0.3, 0.4) is 0 Å². The van der Waals surface area contributed by atoms with Gasteiger partial charge in [-0.05, 0) is 56.3 Å². The number of rotatable bonds is 10. The van der Waals surface area contributed by atoms with Crippen molar-refractivity contribution >= 4 is 28.3 Å². The van der Waals surface area contributed by atoms with E-state index in [-0.39, 0.29) is 5.88 Å². The van der Waals surface area contributed by atoms with Crippen LogP contribution in [0.2, 0.25) is 0 Å². The van der Waals surface area contributed by atoms with E-state index in [2.05, 4.69) is 35.9 Å². The molecule has 0 spiro atoms. The normalized spacial score (nSPS) is 11.8. The van der Waals surface area contributed by atoms with Crippen LogP contribution in [-0.2, 0) is 11.2 Å². The molecule has 0 amide bonds. The molecule has 0 aliphatic heterocycles. The summed E-state index contributed by atoms with van der Waals surface area (Å²) in [4.78, 5) is 22.6. The summed E-state index contributed by atoms with van der Waals surface area (Å²) in [6, 6.07) is 23.3. The van der Waals surface area contributed by atoms with Crippen molar-refractivity contribution in [2.75, 3.05) is 26.2 Å². The van der Waals surface area contributed by atoms with Crippen LogP contribution in [-0.4, -0.2) is 52.9 Å². The van der Waals surface area contributed by atoms with Gasteiger partial charge in [0.2, 0.25) is 0 Å². The van der Waals surface area contributed by atoms with Gasteiger partial charge >= 0.3 is 5.97 Å². The highest BCUT2D eigenvalue weighted by molar-refractivity contribution is 6.22. The number of nitrogens with zero attached hydrogens (tertiary/aromatic N) is 2. The van der Waals surface area contributed by atoms with Crippen molar-refractivity contribution in [3.8, 4) is 5.88 Å². The number of aromatic nitrogens is 1. The average molecular weight is 484 g/mol. The Morgan fingerprint density at radius 1 is 0.944 bits per heavy atom. The highest BCUT2D eigenvalue weighted by Gasteiger charge is 2.20. The number of aliphatic imine (C=N–C) groups is 1. The summed E-state index contributed by atoms with van der Waals surface area (Å²) in [6.07, 6.45) is 0.989. The molecular formula is C30H33N3O3. The number of hydrogen-bond donors (Lipinski definition) is 2. The molecule has 6 heteroatoms. The third kappa shape index (κ3) is 5.66. The smallest absolute Gasteiger partial charge is 0.338 e. The minimum absolute atomic E-state index is 0.00412. The van der Waals surface area contributed by atoms with Gasteiger partial charge in [0.25, 0.3) is 0 Å². The maximum Gasteiger partial charge on any atom is 0.338 e. The average Bonchev–Trinajstić information content (AvgIpc) is 3.24. The van der Waals surface area contributed by atoms with Gasteiger partial charge in [-0.25, -0.2) is 9.79 Å². The van der Waals surface area contributed by atoms with E-state index in [4.69, 9.17) is 9.73 Å². The number of H-pyrrole nitrogens is 1. The van der Waals surface area contributed by atoms with E-state index in [0.717, 1.165) is 42.7 Å². The lowest BCUT2D eigenvalue weighted by atomic mass is 10.00. The predicted molar refractivity (Wildman–Crippen MR) is 146 cm³/mol. The molecule has 6 nitrogen and oxygen atoms in total. The number of ether oxygens (including phenoxy) is 1. The first kappa shape index (κ1) is 25.2. The Morgan fingerprint density at radius 2 is 1.67 bits per heavy atom. The Labute approximate surface area is 212 Å². The highest BCUT2D eigenvalue weighted by atomic mass is 16.5. The molecule has 3 aromatic carbocycles. The van der Waals surface area contributed by atoms with Gasteiger partial charge in [-0.15, -0.1) is 0 Å². The molecule has 0 atom stereocenters. The molecule has 1 heterocycles. The first-order valence-electron chi connectivity index (χ1n) is 12.5. The topological polar surface area (TPSA) is 77.9 Å². The maximum absolute atomic E-state index is 12.2. The van der Waals surface area contributed by atoms with Gasteiger partial charge in [0, 0.05) is 23.0 Å². The second-order valence-electron chi connectivity index (χ2n) is 8.60. The maximum atomic E-state index is 12.2. The van der Waals surface area contributed by atoms with Crippen molar-refractivity contribution in [2.45, 2.75) is 27.2 Å². The molecule has 0 unspecified atom stereocenters. The van der Waals surface area contributed by atoms with Crippen molar-refractivity contribution in [3.63, 3.8) is 0 Å². The lowest BCUT2D eigenvalue weighted by Crippen LogP contribution is -2.25. The number of fused-ring (bicyclic) bond motifs is 1. The summed E-state index contributed by atoms with van der Waals surface area (Å²) in [5.74, 6) is -0.391. The SMILES string of the molecule is CCOC(=O)c1ccc2c(C(=Nc3ccc(CCN(CC)CC)cc3)c3ccccc3)c(O)[nH]c2c1. The minimum atomic E-state index is -0.395. The zero-order chi connectivity index (χ0) is 25.5. The summed E-state index contributed by atoms with van der Waals surface area (Å²) in [5, 5.41) is 11.7. The monoisotopic (exact) mass is 483 g/mol. The second kappa shape index (κ2) is 11.7. The second-order valence-corrected chi connectivity index (χ2v) is 8.60. The first-order chi connectivity index (χ1) is 17.5. The number of carbonyl (C=O) groups is 1. The van der Waals surface area contributed by atoms with E-state index in [1.807, 2.05) is 48.5 Å². The molecule has 0 saturated carbocycles. The third-order valence-electron chi connectivity index (χ3n) is 6.36. The number of benzene rings is 3. The lowest BCUT2D eigenvalue weighted by molar-refractivity contribution is 0.0526. The highest BCUT2D eigenvalue weighted by Crippen LogP contribution is 2.32. The molecule has 0 saturated heterocycles. The van der Waals surface area contributed by atoms with E-state index in [0.29, 0.717) is 29.0 Å². The fraction of sp³-hybridized carbons (Fsp3) is 0.267. The molecule has 0 bridgehead atoms. The van der Waals surface area contributed by atoms with Crippen molar-refractivity contribution in [3.05, 3.63) is 95.1 Å². The molecule has 0 fully saturated rings. The van der Waals surface area contributed by atoms with Crippen LogP contribution in [0.5, 0.6) is 5.88 Å². The molecule has 36 heavy (non-hydrogen) atoms. The minimum Gasteiger partial charge on any atom is -0.494 e. The van der Waals surface area contributed by atoms with Crippen molar-refractivity contribution in [1.29, 1.82) is 0 Å². The number of esters is 1. The standard InChI is InChI=1S/C30H33N3O3/c1-4-33(5-2)19-18-21-12-15-24(16-13-21)31-28(22-10-8-7-9-11-22)27-25-17-14-23(30(35)36-6-3)20-26(25)32-29(27)34/h7-17,20,32,34H,4-6,18-19H2,1-3H3. The Hall–Kier alpha value is -3.90. The molecule has 2 N–H and O–H groups in total. The number of aromatic hydroxyl groups is 1. The number of hydrogen-bond acceptors (Lipinski definition) is 5. The Balaban J connectivity index is 1.72. The number of likely N-dealkylation sites (N-methyl/N-ethyl adjacent to an activating group) is 1. The van der Waals surface area contributed by atoms with Crippen LogP contribution in [0, 0.1) is 0 Å². The van der Waals surface area contributed by atoms with Gasteiger partial charge < -0.3 is 19.7 Å². The third-order valence-corrected chi connectivity index (χ3v) is 6.36. The summed E-state index contributed by atoms with van der Waals surface area (Å²) in [7, 11) is 0. The van der Waals surface area contributed by atoms with Crippen molar-refractivity contribution in [2.24, 2.45) is 4.99 Å². The summed E-state index contributed by atoms with van der Waals surface area (Å²) in [6.45, 7) is 9.58. The lowest BCUT2D eigenvalue weighted by Gasteiger charge is -2.17. The van der Waals surface area contributed by atoms with E-state index in [9.17, 15) is 9.90 Å². The van der Waals surface area contributed by atoms with E-state index in [1.165, 1.54) is 5.56 Å². The van der Waals surface area contributed by atoms with Gasteiger partial charge in [0.05, 0.1) is 29.1 Å². The fourth-order valence-corrected chi connectivity index (χ4v) is 4.32. The zero-order valence-corrected chi connectivity index (χ0v) is 21.1. The van der Waals surface area contributed by atoms with Crippen LogP contribution in [0.4, 0.5) is 5.69 Å². The first-order valence-corrected chi connectivity index (χ1v) is 12.5. The van der Waals surface area contributed by atoms with E-state index >= 15 is 0 Å². The summed E-state index contributed by atoms with van der Waals surface area (Å²) < 4.78 is 5.12. The van der Waals surface area contributed by atoms with Gasteiger partial charge in [-0.1, -0.05) is 62.4 Å². The summed E-state index contributed by atoms with van der Waals surface area (Å²) in [5.41, 5.74) is 5.27.